The van der Waals surface area contributed by atoms with Gasteiger partial charge in [-0.05, 0) is 37.8 Å². The average molecular weight is 302 g/mol. The molecule has 0 saturated heterocycles. The van der Waals surface area contributed by atoms with Gasteiger partial charge < -0.3 is 0 Å². The van der Waals surface area contributed by atoms with Crippen LogP contribution in [0.15, 0.2) is 12.1 Å². The molecule has 2 aromatic heterocycles. The summed E-state index contributed by atoms with van der Waals surface area (Å²) in [5.74, 6) is 0. The van der Waals surface area contributed by atoms with E-state index in [2.05, 4.69) is 46.4 Å². The van der Waals surface area contributed by atoms with E-state index >= 15 is 0 Å². The summed E-state index contributed by atoms with van der Waals surface area (Å²) in [6.45, 7) is 4.48. The van der Waals surface area contributed by atoms with Crippen molar-refractivity contribution in [3.63, 3.8) is 0 Å². The fraction of sp³-hybridized carbons (Fsp3) is 0.667. The SMILES string of the molecule is CCCCCCc1cc(-c2cc(CCCCCC)[nH]n2)n[nH]1. The van der Waals surface area contributed by atoms with Crippen LogP contribution in [0.3, 0.4) is 0 Å². The number of aromatic nitrogens is 4. The topological polar surface area (TPSA) is 57.4 Å². The van der Waals surface area contributed by atoms with E-state index in [1.54, 1.807) is 0 Å². The molecule has 0 amide bonds. The molecule has 0 bridgehead atoms. The highest BCUT2D eigenvalue weighted by atomic mass is 15.2. The Morgan fingerprint density at radius 2 is 1.14 bits per heavy atom. The lowest BCUT2D eigenvalue weighted by Crippen LogP contribution is -1.85. The minimum absolute atomic E-state index is 0.960. The molecule has 2 heterocycles. The molecule has 2 aromatic rings. The fourth-order valence-electron chi connectivity index (χ4n) is 2.73. The molecule has 0 unspecified atom stereocenters. The van der Waals surface area contributed by atoms with Gasteiger partial charge in [0, 0.05) is 11.4 Å². The van der Waals surface area contributed by atoms with Gasteiger partial charge in [-0.25, -0.2) is 0 Å². The first-order chi connectivity index (χ1) is 10.8. The molecule has 0 aromatic carbocycles. The van der Waals surface area contributed by atoms with Crippen LogP contribution in [-0.4, -0.2) is 20.4 Å². The fourth-order valence-corrected chi connectivity index (χ4v) is 2.73. The highest BCUT2D eigenvalue weighted by Gasteiger charge is 2.08. The first-order valence-corrected chi connectivity index (χ1v) is 8.92. The van der Waals surface area contributed by atoms with Crippen LogP contribution >= 0.6 is 0 Å². The minimum atomic E-state index is 0.960. The first-order valence-electron chi connectivity index (χ1n) is 8.92. The molecule has 0 atom stereocenters. The molecule has 0 aliphatic carbocycles. The van der Waals surface area contributed by atoms with Gasteiger partial charge >= 0.3 is 0 Å². The molecule has 0 radical (unpaired) electrons. The quantitative estimate of drug-likeness (QED) is 0.571. The molecule has 22 heavy (non-hydrogen) atoms. The number of aryl methyl sites for hydroxylation is 2. The zero-order valence-corrected chi connectivity index (χ0v) is 14.1. The maximum atomic E-state index is 4.40. The lowest BCUT2D eigenvalue weighted by atomic mass is 10.1. The summed E-state index contributed by atoms with van der Waals surface area (Å²) < 4.78 is 0. The predicted octanol–water partition coefficient (Wildman–Crippen LogP) is 5.05. The summed E-state index contributed by atoms with van der Waals surface area (Å²) in [5, 5.41) is 15.1. The Balaban J connectivity index is 1.81. The molecule has 2 rings (SSSR count). The van der Waals surface area contributed by atoms with E-state index in [-0.39, 0.29) is 0 Å². The summed E-state index contributed by atoms with van der Waals surface area (Å²) in [6.07, 6.45) is 12.4. The molecule has 0 aliphatic rings. The lowest BCUT2D eigenvalue weighted by Gasteiger charge is -1.96. The highest BCUT2D eigenvalue weighted by Crippen LogP contribution is 2.18. The van der Waals surface area contributed by atoms with Crippen molar-refractivity contribution >= 4 is 0 Å². The zero-order chi connectivity index (χ0) is 15.6. The average Bonchev–Trinajstić information content (AvgIpc) is 3.17. The van der Waals surface area contributed by atoms with E-state index in [1.165, 1.54) is 62.8 Å². The number of nitrogens with zero attached hydrogens (tertiary/aromatic N) is 2. The highest BCUT2D eigenvalue weighted by molar-refractivity contribution is 5.54. The van der Waals surface area contributed by atoms with E-state index in [9.17, 15) is 0 Å². The van der Waals surface area contributed by atoms with E-state index in [4.69, 9.17) is 0 Å². The van der Waals surface area contributed by atoms with Gasteiger partial charge in [0.15, 0.2) is 0 Å². The second kappa shape index (κ2) is 9.44. The second-order valence-corrected chi connectivity index (χ2v) is 6.18. The number of H-pyrrole nitrogens is 2. The van der Waals surface area contributed by atoms with Gasteiger partial charge in [0.25, 0.3) is 0 Å². The first kappa shape index (κ1) is 16.8. The standard InChI is InChI=1S/C18H30N4/c1-3-5-7-9-11-15-13-17(21-19-15)18-14-16(20-22-18)12-10-8-6-4-2/h13-14H,3-12H2,1-2H3,(H,19,21)(H,20,22). The third-order valence-corrected chi connectivity index (χ3v) is 4.12. The molecule has 2 N–H and O–H groups in total. The summed E-state index contributed by atoms with van der Waals surface area (Å²) in [5.41, 5.74) is 4.36. The van der Waals surface area contributed by atoms with Gasteiger partial charge in [-0.2, -0.15) is 10.2 Å². The van der Waals surface area contributed by atoms with Crippen LogP contribution in [0.4, 0.5) is 0 Å². The molecule has 0 spiro atoms. The normalized spacial score (nSPS) is 11.2. The lowest BCUT2D eigenvalue weighted by molar-refractivity contribution is 0.659. The Morgan fingerprint density at radius 3 is 1.55 bits per heavy atom. The Labute approximate surface area is 134 Å². The zero-order valence-electron chi connectivity index (χ0n) is 14.1. The number of unbranched alkanes of at least 4 members (excludes halogenated alkanes) is 6. The van der Waals surface area contributed by atoms with Crippen LogP contribution in [0.25, 0.3) is 11.4 Å². The van der Waals surface area contributed by atoms with E-state index in [0.29, 0.717) is 0 Å². The third kappa shape index (κ3) is 5.32. The van der Waals surface area contributed by atoms with Gasteiger partial charge in [0.1, 0.15) is 11.4 Å². The van der Waals surface area contributed by atoms with Crippen LogP contribution in [0.2, 0.25) is 0 Å². The monoisotopic (exact) mass is 302 g/mol. The molecule has 4 heteroatoms. The number of aromatic amines is 2. The van der Waals surface area contributed by atoms with Crippen LogP contribution in [-0.2, 0) is 12.8 Å². The molecular weight excluding hydrogens is 272 g/mol. The van der Waals surface area contributed by atoms with Crippen molar-refractivity contribution in [2.24, 2.45) is 0 Å². The number of nitrogens with one attached hydrogen (secondary N) is 2. The van der Waals surface area contributed by atoms with Crippen molar-refractivity contribution in [2.75, 3.05) is 0 Å². The van der Waals surface area contributed by atoms with Crippen molar-refractivity contribution in [3.8, 4) is 11.4 Å². The Hall–Kier alpha value is -1.58. The minimum Gasteiger partial charge on any atom is -0.282 e. The molecule has 0 saturated carbocycles. The Morgan fingerprint density at radius 1 is 0.682 bits per heavy atom. The van der Waals surface area contributed by atoms with E-state index in [1.807, 2.05) is 0 Å². The van der Waals surface area contributed by atoms with Crippen LogP contribution in [0.5, 0.6) is 0 Å². The van der Waals surface area contributed by atoms with Crippen molar-refractivity contribution in [1.29, 1.82) is 0 Å². The van der Waals surface area contributed by atoms with Crippen LogP contribution < -0.4 is 0 Å². The summed E-state index contributed by atoms with van der Waals surface area (Å²) in [7, 11) is 0. The predicted molar refractivity (Wildman–Crippen MR) is 91.9 cm³/mol. The number of rotatable bonds is 11. The maximum Gasteiger partial charge on any atom is 0.113 e. The second-order valence-electron chi connectivity index (χ2n) is 6.18. The molecule has 122 valence electrons. The van der Waals surface area contributed by atoms with Crippen LogP contribution in [0, 0.1) is 0 Å². The maximum absolute atomic E-state index is 4.40. The smallest absolute Gasteiger partial charge is 0.113 e. The van der Waals surface area contributed by atoms with Crippen molar-refractivity contribution in [2.45, 2.75) is 78.1 Å². The van der Waals surface area contributed by atoms with Gasteiger partial charge in [-0.15, -0.1) is 0 Å². The number of hydrogen-bond donors (Lipinski definition) is 2. The largest absolute Gasteiger partial charge is 0.282 e. The number of hydrogen-bond acceptors (Lipinski definition) is 2. The van der Waals surface area contributed by atoms with Gasteiger partial charge in [-0.3, -0.25) is 10.2 Å². The van der Waals surface area contributed by atoms with Crippen molar-refractivity contribution in [3.05, 3.63) is 23.5 Å². The van der Waals surface area contributed by atoms with Gasteiger partial charge in [-0.1, -0.05) is 52.4 Å². The molecular formula is C18H30N4. The summed E-state index contributed by atoms with van der Waals surface area (Å²) in [6, 6.07) is 4.28. The molecule has 0 aliphatic heterocycles. The summed E-state index contributed by atoms with van der Waals surface area (Å²) in [4.78, 5) is 0. The van der Waals surface area contributed by atoms with Gasteiger partial charge in [0.2, 0.25) is 0 Å². The Kier molecular flexibility index (Phi) is 7.20. The third-order valence-electron chi connectivity index (χ3n) is 4.12. The van der Waals surface area contributed by atoms with Crippen molar-refractivity contribution < 1.29 is 0 Å². The Bertz CT molecular complexity index is 478. The van der Waals surface area contributed by atoms with Crippen molar-refractivity contribution in [1.82, 2.24) is 20.4 Å². The molecule has 0 fully saturated rings. The molecule has 4 nitrogen and oxygen atoms in total. The van der Waals surface area contributed by atoms with Crippen LogP contribution in [0.1, 0.15) is 76.6 Å². The summed E-state index contributed by atoms with van der Waals surface area (Å²) >= 11 is 0. The van der Waals surface area contributed by atoms with E-state index < -0.39 is 0 Å². The van der Waals surface area contributed by atoms with Gasteiger partial charge in [0.05, 0.1) is 0 Å². The van der Waals surface area contributed by atoms with E-state index in [0.717, 1.165) is 24.2 Å².